The maximum atomic E-state index is 12.5. The van der Waals surface area contributed by atoms with Gasteiger partial charge in [-0.1, -0.05) is 373 Å². The second-order valence-electron chi connectivity index (χ2n) is 25.3. The molecule has 79 heavy (non-hydrogen) atoms. The summed E-state index contributed by atoms with van der Waals surface area (Å²) in [5.41, 5.74) is 0. The van der Waals surface area contributed by atoms with Crippen molar-refractivity contribution in [2.75, 3.05) is 13.2 Å². The molecule has 0 radical (unpaired) electrons. The van der Waals surface area contributed by atoms with Crippen molar-refractivity contribution in [3.05, 3.63) is 12.2 Å². The number of rotatable bonds is 69. The van der Waals surface area contributed by atoms with E-state index in [0.29, 0.717) is 25.9 Å². The van der Waals surface area contributed by atoms with E-state index in [2.05, 4.69) is 31.3 Å². The maximum Gasteiger partial charge on any atom is 0.305 e. The van der Waals surface area contributed by atoms with Crippen LogP contribution in [0.15, 0.2) is 12.2 Å². The fraction of sp³-hybridized carbons (Fsp3) is 0.945. The lowest BCUT2D eigenvalue weighted by Gasteiger charge is -2.22. The molecule has 470 valence electrons. The van der Waals surface area contributed by atoms with Gasteiger partial charge in [0.2, 0.25) is 5.91 Å². The van der Waals surface area contributed by atoms with Crippen LogP contribution in [0.4, 0.5) is 0 Å². The van der Waals surface area contributed by atoms with E-state index < -0.39 is 12.1 Å². The third kappa shape index (κ3) is 65.6. The molecule has 0 fully saturated rings. The first-order chi connectivity index (χ1) is 39.0. The average Bonchev–Trinajstić information content (AvgIpc) is 3.45. The normalized spacial score (nSPS) is 12.5. The number of esters is 1. The van der Waals surface area contributed by atoms with Gasteiger partial charge in [-0.3, -0.25) is 9.59 Å². The molecule has 0 aromatic rings. The van der Waals surface area contributed by atoms with Crippen molar-refractivity contribution in [3.63, 3.8) is 0 Å². The van der Waals surface area contributed by atoms with Crippen molar-refractivity contribution in [2.45, 2.75) is 431 Å². The maximum absolute atomic E-state index is 12.5. The largest absolute Gasteiger partial charge is 0.466 e. The van der Waals surface area contributed by atoms with Crippen LogP contribution in [0.1, 0.15) is 418 Å². The van der Waals surface area contributed by atoms with Crippen LogP contribution < -0.4 is 5.32 Å². The molecule has 3 N–H and O–H groups in total. The van der Waals surface area contributed by atoms with E-state index in [9.17, 15) is 19.8 Å². The van der Waals surface area contributed by atoms with Crippen molar-refractivity contribution in [1.82, 2.24) is 5.32 Å². The molecular formula is C73H143NO5. The Balaban J connectivity index is 3.32. The predicted molar refractivity (Wildman–Crippen MR) is 347 cm³/mol. The summed E-state index contributed by atoms with van der Waals surface area (Å²) in [4.78, 5) is 24.5. The first kappa shape index (κ1) is 77.6. The molecule has 0 heterocycles. The Morgan fingerprint density at radius 1 is 0.342 bits per heavy atom. The molecule has 0 spiro atoms. The Kier molecular flexibility index (Phi) is 67.9. The molecule has 0 aromatic carbocycles. The summed E-state index contributed by atoms with van der Waals surface area (Å²) in [6.07, 6.45) is 85.7. The number of aliphatic hydroxyl groups is 2. The van der Waals surface area contributed by atoms with Gasteiger partial charge in [-0.2, -0.15) is 0 Å². The molecule has 0 aromatic heterocycles. The lowest BCUT2D eigenvalue weighted by molar-refractivity contribution is -0.143. The molecule has 2 atom stereocenters. The Morgan fingerprint density at radius 3 is 0.937 bits per heavy atom. The standard InChI is InChI=1S/C73H143NO5/c1-3-5-7-9-11-13-15-16-17-18-33-36-39-42-46-49-53-57-61-65-71(76)70(69-75)74-72(77)66-62-58-54-50-47-43-40-37-34-31-29-27-25-23-21-19-20-22-24-26-28-30-32-35-38-41-44-48-52-56-60-64-68-79-73(78)67-63-59-55-51-45-14-12-10-8-6-4-2/h10,12,70-71,75-76H,3-9,11,13-69H2,1-2H3,(H,74,77)/b12-10-. The average molecular weight is 1110 g/mol. The third-order valence-electron chi connectivity index (χ3n) is 17.3. The summed E-state index contributed by atoms with van der Waals surface area (Å²) in [6, 6.07) is -0.538. The van der Waals surface area contributed by atoms with Crippen LogP contribution in [-0.2, 0) is 14.3 Å². The van der Waals surface area contributed by atoms with Crippen LogP contribution in [0.25, 0.3) is 0 Å². The SMILES string of the molecule is CCCC/C=C\CCCCCCCC(=O)OCCCCCCCCCCCCCCCCCCCCCCCCCCCCCCCCCCC(=O)NC(CO)C(O)CCCCCCCCCCCCCCCCCCCCC. The van der Waals surface area contributed by atoms with Gasteiger partial charge in [-0.25, -0.2) is 0 Å². The Hall–Kier alpha value is -1.40. The second kappa shape index (κ2) is 69.1. The van der Waals surface area contributed by atoms with Crippen molar-refractivity contribution in [1.29, 1.82) is 0 Å². The summed E-state index contributed by atoms with van der Waals surface area (Å²) < 4.78 is 5.47. The van der Waals surface area contributed by atoms with Crippen molar-refractivity contribution in [3.8, 4) is 0 Å². The van der Waals surface area contributed by atoms with E-state index in [1.807, 2.05) is 0 Å². The second-order valence-corrected chi connectivity index (χ2v) is 25.3. The highest BCUT2D eigenvalue weighted by atomic mass is 16.5. The molecule has 0 aliphatic rings. The topological polar surface area (TPSA) is 95.9 Å². The van der Waals surface area contributed by atoms with E-state index in [1.165, 1.54) is 340 Å². The Labute approximate surface area is 495 Å². The zero-order valence-corrected chi connectivity index (χ0v) is 53.9. The summed E-state index contributed by atoms with van der Waals surface area (Å²) in [5.74, 6) is -0.0148. The summed E-state index contributed by atoms with van der Waals surface area (Å²) in [5, 5.41) is 23.4. The molecule has 0 aliphatic carbocycles. The highest BCUT2D eigenvalue weighted by molar-refractivity contribution is 5.76. The predicted octanol–water partition coefficient (Wildman–Crippen LogP) is 23.5. The number of ether oxygens (including phenoxy) is 1. The number of nitrogens with one attached hydrogen (secondary N) is 1. The van der Waals surface area contributed by atoms with Gasteiger partial charge in [-0.05, 0) is 44.9 Å². The monoisotopic (exact) mass is 1110 g/mol. The number of carbonyl (C=O) groups excluding carboxylic acids is 2. The number of carbonyl (C=O) groups is 2. The van der Waals surface area contributed by atoms with Gasteiger partial charge >= 0.3 is 5.97 Å². The molecule has 0 rings (SSSR count). The van der Waals surface area contributed by atoms with Crippen LogP contribution in [-0.4, -0.2) is 47.4 Å². The minimum absolute atomic E-state index is 0.0109. The molecule has 6 heteroatoms. The van der Waals surface area contributed by atoms with Gasteiger partial charge in [0.1, 0.15) is 0 Å². The number of allylic oxidation sites excluding steroid dienone is 2. The third-order valence-corrected chi connectivity index (χ3v) is 17.3. The number of amides is 1. The van der Waals surface area contributed by atoms with Crippen LogP contribution >= 0.6 is 0 Å². The Morgan fingerprint density at radius 2 is 0.608 bits per heavy atom. The van der Waals surface area contributed by atoms with Gasteiger partial charge < -0.3 is 20.3 Å². The molecule has 0 bridgehead atoms. The van der Waals surface area contributed by atoms with Gasteiger partial charge in [-0.15, -0.1) is 0 Å². The van der Waals surface area contributed by atoms with Crippen LogP contribution in [0.2, 0.25) is 0 Å². The van der Waals surface area contributed by atoms with Gasteiger partial charge in [0, 0.05) is 12.8 Å². The summed E-state index contributed by atoms with van der Waals surface area (Å²) in [7, 11) is 0. The van der Waals surface area contributed by atoms with Crippen molar-refractivity contribution >= 4 is 11.9 Å². The first-order valence-corrected chi connectivity index (χ1v) is 36.4. The number of hydrogen-bond acceptors (Lipinski definition) is 5. The lowest BCUT2D eigenvalue weighted by Crippen LogP contribution is -2.45. The van der Waals surface area contributed by atoms with Gasteiger partial charge in [0.25, 0.3) is 0 Å². The van der Waals surface area contributed by atoms with Gasteiger partial charge in [0.15, 0.2) is 0 Å². The molecule has 1 amide bonds. The van der Waals surface area contributed by atoms with Crippen LogP contribution in [0, 0.1) is 0 Å². The van der Waals surface area contributed by atoms with E-state index in [4.69, 9.17) is 4.74 Å². The quantitative estimate of drug-likeness (QED) is 0.0320. The molecular weight excluding hydrogens is 971 g/mol. The fourth-order valence-corrected chi connectivity index (χ4v) is 11.7. The molecule has 6 nitrogen and oxygen atoms in total. The van der Waals surface area contributed by atoms with E-state index in [0.717, 1.165) is 44.9 Å². The van der Waals surface area contributed by atoms with E-state index in [-0.39, 0.29) is 18.5 Å². The van der Waals surface area contributed by atoms with Crippen LogP contribution in [0.3, 0.4) is 0 Å². The number of hydrogen-bond donors (Lipinski definition) is 3. The van der Waals surface area contributed by atoms with Gasteiger partial charge in [0.05, 0.1) is 25.4 Å². The lowest BCUT2D eigenvalue weighted by atomic mass is 10.0. The fourth-order valence-electron chi connectivity index (χ4n) is 11.7. The highest BCUT2D eigenvalue weighted by Gasteiger charge is 2.20. The first-order valence-electron chi connectivity index (χ1n) is 36.4. The van der Waals surface area contributed by atoms with Crippen molar-refractivity contribution < 1.29 is 24.5 Å². The zero-order chi connectivity index (χ0) is 57.1. The van der Waals surface area contributed by atoms with E-state index in [1.54, 1.807) is 0 Å². The molecule has 0 saturated heterocycles. The molecule has 0 aliphatic heterocycles. The Bertz CT molecular complexity index is 1190. The summed E-state index contributed by atoms with van der Waals surface area (Å²) >= 11 is 0. The van der Waals surface area contributed by atoms with Crippen molar-refractivity contribution in [2.24, 2.45) is 0 Å². The highest BCUT2D eigenvalue weighted by Crippen LogP contribution is 2.20. The van der Waals surface area contributed by atoms with E-state index >= 15 is 0 Å². The smallest absolute Gasteiger partial charge is 0.305 e. The summed E-state index contributed by atoms with van der Waals surface area (Å²) in [6.45, 7) is 4.96. The molecule has 2 unspecified atom stereocenters. The zero-order valence-electron chi connectivity index (χ0n) is 53.9. The number of aliphatic hydroxyl groups excluding tert-OH is 2. The van der Waals surface area contributed by atoms with Crippen LogP contribution in [0.5, 0.6) is 0 Å². The molecule has 0 saturated carbocycles. The number of unbranched alkanes of at least 4 members (excludes halogenated alkanes) is 56. The minimum atomic E-state index is -0.661. The minimum Gasteiger partial charge on any atom is -0.466 e.